The van der Waals surface area contributed by atoms with Crippen molar-refractivity contribution in [1.82, 2.24) is 0 Å². The van der Waals surface area contributed by atoms with Crippen LogP contribution in [0.4, 0.5) is 0 Å². The smallest absolute Gasteiger partial charge is 0.187 e. The van der Waals surface area contributed by atoms with Gasteiger partial charge >= 0.3 is 0 Å². The molecule has 17 heteroatoms. The third-order valence-electron chi connectivity index (χ3n) is 17.7. The van der Waals surface area contributed by atoms with Crippen molar-refractivity contribution in [3.63, 3.8) is 0 Å². The summed E-state index contributed by atoms with van der Waals surface area (Å²) in [5, 5.41) is 95.8. The Morgan fingerprint density at radius 1 is 0.677 bits per heavy atom. The predicted molar refractivity (Wildman–Crippen MR) is 214 cm³/mol. The highest BCUT2D eigenvalue weighted by Gasteiger charge is 2.69. The van der Waals surface area contributed by atoms with Gasteiger partial charge in [0.2, 0.25) is 0 Å². The van der Waals surface area contributed by atoms with Gasteiger partial charge in [-0.2, -0.15) is 0 Å². The molecule has 1 spiro atoms. The van der Waals surface area contributed by atoms with Gasteiger partial charge in [-0.15, -0.1) is 0 Å². The van der Waals surface area contributed by atoms with Crippen molar-refractivity contribution >= 4 is 0 Å². The number of rotatable bonds is 8. The highest BCUT2D eigenvalue weighted by atomic mass is 16.8. The largest absolute Gasteiger partial charge is 0.394 e. The van der Waals surface area contributed by atoms with Crippen LogP contribution in [0.3, 0.4) is 0 Å². The summed E-state index contributed by atoms with van der Waals surface area (Å²) >= 11 is 0. The fraction of sp³-hybridized carbons (Fsp3) is 0.956. The minimum absolute atomic E-state index is 0.0484. The summed E-state index contributed by atoms with van der Waals surface area (Å²) in [5.41, 5.74) is 1.45. The van der Waals surface area contributed by atoms with Crippen LogP contribution in [0.25, 0.3) is 0 Å². The highest BCUT2D eigenvalue weighted by molar-refractivity contribution is 5.26. The average molecular weight is 885 g/mol. The first-order valence-corrected chi connectivity index (χ1v) is 23.4. The minimum atomic E-state index is -1.84. The molecule has 4 aliphatic carbocycles. The minimum Gasteiger partial charge on any atom is -0.394 e. The highest BCUT2D eigenvalue weighted by Crippen LogP contribution is 2.70. The van der Waals surface area contributed by atoms with Gasteiger partial charge in [-0.25, -0.2) is 0 Å². The van der Waals surface area contributed by atoms with Gasteiger partial charge in [-0.05, 0) is 98.7 Å². The Kier molecular flexibility index (Phi) is 12.9. The summed E-state index contributed by atoms with van der Waals surface area (Å²) in [6, 6.07) is 0. The van der Waals surface area contributed by atoms with Gasteiger partial charge in [0.1, 0.15) is 67.1 Å². The van der Waals surface area contributed by atoms with Crippen molar-refractivity contribution in [3.05, 3.63) is 11.6 Å². The van der Waals surface area contributed by atoms with Crippen molar-refractivity contribution < 1.29 is 83.9 Å². The zero-order valence-electron chi connectivity index (χ0n) is 36.6. The Hall–Kier alpha value is -0.940. The Balaban J connectivity index is 0.940. The lowest BCUT2D eigenvalue weighted by Gasteiger charge is -2.59. The van der Waals surface area contributed by atoms with E-state index in [1.54, 1.807) is 0 Å². The molecule has 354 valence electrons. The first kappa shape index (κ1) is 46.2. The molecule has 9 N–H and O–H groups in total. The Labute approximate surface area is 363 Å². The van der Waals surface area contributed by atoms with Gasteiger partial charge in [-0.3, -0.25) is 0 Å². The van der Waals surface area contributed by atoms with Gasteiger partial charge < -0.3 is 83.9 Å². The lowest BCUT2D eigenvalue weighted by atomic mass is 9.47. The van der Waals surface area contributed by atoms with Crippen LogP contribution in [-0.2, 0) is 37.9 Å². The standard InChI is InChI=1S/C45H72O17/c1-19-8-13-45(55-18-19)20(2)30-27(62-45)15-26-24-7-6-22-14-23(9-11-43(22,4)25(24)10-12-44(26,30)5)57-42-39(61-40-36(53)34(51)31(48)21(3)56-40)38(33(50)29(17-47)59-42)60-41-37(54)35(52)32(49)28(16-46)58-41/h6,19-21,23-42,46-54H,7-18H2,1-5H3/t19-,20+,21+,23+,24+,25+,26+,27?,28-,29-,30?,31-,32+,33-,34-,35-,36-,37-,38+,39-,40+,41+,42-,43+,44+,45-/m1/s1. The summed E-state index contributed by atoms with van der Waals surface area (Å²) in [4.78, 5) is 0. The zero-order valence-corrected chi connectivity index (χ0v) is 36.6. The van der Waals surface area contributed by atoms with Gasteiger partial charge in [0.15, 0.2) is 24.7 Å². The van der Waals surface area contributed by atoms with Crippen LogP contribution in [0.5, 0.6) is 0 Å². The van der Waals surface area contributed by atoms with Crippen molar-refractivity contribution in [3.8, 4) is 0 Å². The zero-order chi connectivity index (χ0) is 44.2. The van der Waals surface area contributed by atoms with Crippen LogP contribution in [0, 0.1) is 46.3 Å². The number of aliphatic hydroxyl groups is 9. The molecular weight excluding hydrogens is 812 g/mol. The van der Waals surface area contributed by atoms with E-state index >= 15 is 0 Å². The second-order valence-electron chi connectivity index (χ2n) is 21.1. The van der Waals surface area contributed by atoms with Crippen LogP contribution in [0.15, 0.2) is 11.6 Å². The monoisotopic (exact) mass is 884 g/mol. The molecule has 5 saturated heterocycles. The van der Waals surface area contributed by atoms with Crippen LogP contribution >= 0.6 is 0 Å². The number of aliphatic hydroxyl groups excluding tert-OH is 9. The predicted octanol–water partition coefficient (Wildman–Crippen LogP) is 0.214. The van der Waals surface area contributed by atoms with Crippen molar-refractivity contribution in [2.24, 2.45) is 46.3 Å². The first-order chi connectivity index (χ1) is 29.4. The molecule has 0 aromatic carbocycles. The Morgan fingerprint density at radius 3 is 2.03 bits per heavy atom. The molecule has 9 aliphatic rings. The van der Waals surface area contributed by atoms with E-state index in [0.29, 0.717) is 48.3 Å². The molecule has 0 amide bonds. The molecule has 62 heavy (non-hydrogen) atoms. The van der Waals surface area contributed by atoms with Crippen molar-refractivity contribution in [2.45, 2.75) is 203 Å². The molecular formula is C45H72O17. The van der Waals surface area contributed by atoms with E-state index in [1.165, 1.54) is 12.5 Å². The lowest BCUT2D eigenvalue weighted by molar-refractivity contribution is -0.394. The maximum absolute atomic E-state index is 11.6. The van der Waals surface area contributed by atoms with Crippen molar-refractivity contribution in [2.75, 3.05) is 19.8 Å². The Morgan fingerprint density at radius 2 is 1.34 bits per heavy atom. The molecule has 2 unspecified atom stereocenters. The number of fused-ring (bicyclic) bond motifs is 7. The quantitative estimate of drug-likeness (QED) is 0.148. The maximum atomic E-state index is 11.6. The number of ether oxygens (including phenoxy) is 8. The van der Waals surface area contributed by atoms with Gasteiger partial charge in [-0.1, -0.05) is 39.3 Å². The third-order valence-corrected chi connectivity index (χ3v) is 17.7. The summed E-state index contributed by atoms with van der Waals surface area (Å²) in [5.74, 6) is 2.52. The molecule has 5 aliphatic heterocycles. The van der Waals surface area contributed by atoms with Gasteiger partial charge in [0, 0.05) is 12.3 Å². The normalized spacial score (nSPS) is 57.6. The van der Waals surface area contributed by atoms with Crippen LogP contribution in [0.2, 0.25) is 0 Å². The van der Waals surface area contributed by atoms with E-state index in [2.05, 4.69) is 33.8 Å². The van der Waals surface area contributed by atoms with Gasteiger partial charge in [0.25, 0.3) is 0 Å². The number of hydrogen-bond acceptors (Lipinski definition) is 17. The Bertz CT molecular complexity index is 1610. The number of allylic oxidation sites excluding steroid dienone is 1. The topological polar surface area (TPSA) is 256 Å². The van der Waals surface area contributed by atoms with E-state index < -0.39 is 117 Å². The molecule has 26 atom stereocenters. The molecule has 0 aromatic rings. The second-order valence-corrected chi connectivity index (χ2v) is 21.1. The molecule has 0 radical (unpaired) electrons. The van der Waals surface area contributed by atoms with Gasteiger partial charge in [0.05, 0.1) is 38.1 Å². The molecule has 0 bridgehead atoms. The summed E-state index contributed by atoms with van der Waals surface area (Å²) in [6.45, 7) is 10.4. The molecule has 8 fully saturated rings. The SMILES string of the molecule is C[C@@H]1CC[C@@]2(OC1)OC1C[C@H]3[C@H]4CC=C5C[C@@H](O[C@@H]6O[C@H](CO)[C@@H](O)[C@H](O[C@@H]7O[C@H](CO)[C@H](O)[C@@H](O)[C@H]7O)[C@H]6O[C@@H]6O[C@@H](C)[C@@H](O)[C@@H](O)[C@H]6O)CC[C@]5(C)[C@H]4CC[C@]3(C)C1[C@@H]2C. The molecule has 9 rings (SSSR count). The van der Waals surface area contributed by atoms with E-state index in [0.717, 1.165) is 51.6 Å². The first-order valence-electron chi connectivity index (χ1n) is 23.4. The molecule has 0 aromatic heterocycles. The summed E-state index contributed by atoms with van der Waals surface area (Å²) in [6.07, 6.45) is -12.4. The van der Waals surface area contributed by atoms with Crippen LogP contribution < -0.4 is 0 Å². The van der Waals surface area contributed by atoms with Crippen LogP contribution in [0.1, 0.15) is 92.4 Å². The fourth-order valence-electron chi connectivity index (χ4n) is 14.0. The second kappa shape index (κ2) is 17.3. The third kappa shape index (κ3) is 7.49. The molecule has 5 heterocycles. The molecule has 3 saturated carbocycles. The van der Waals surface area contributed by atoms with E-state index in [-0.39, 0.29) is 16.9 Å². The van der Waals surface area contributed by atoms with E-state index in [1.807, 2.05) is 0 Å². The summed E-state index contributed by atoms with van der Waals surface area (Å²) < 4.78 is 50.3. The van der Waals surface area contributed by atoms with E-state index in [4.69, 9.17) is 37.9 Å². The fourth-order valence-corrected chi connectivity index (χ4v) is 14.0. The maximum Gasteiger partial charge on any atom is 0.187 e. The lowest BCUT2D eigenvalue weighted by Crippen LogP contribution is -2.67. The summed E-state index contributed by atoms with van der Waals surface area (Å²) in [7, 11) is 0. The average Bonchev–Trinajstić information content (AvgIpc) is 3.70. The van der Waals surface area contributed by atoms with E-state index in [9.17, 15) is 46.0 Å². The molecule has 17 nitrogen and oxygen atoms in total. The number of hydrogen-bond donors (Lipinski definition) is 9. The van der Waals surface area contributed by atoms with Crippen LogP contribution in [-0.4, -0.2) is 176 Å². The van der Waals surface area contributed by atoms with Crippen molar-refractivity contribution in [1.29, 1.82) is 0 Å².